The average Bonchev–Trinajstić information content (AvgIpc) is 2.90. The third-order valence-electron chi connectivity index (χ3n) is 5.74. The van der Waals surface area contributed by atoms with Crippen LogP contribution in [0.2, 0.25) is 0 Å². The van der Waals surface area contributed by atoms with Gasteiger partial charge in [-0.25, -0.2) is 13.5 Å². The number of unbranched alkanes of at least 4 members (excludes halogenated alkanes) is 1. The van der Waals surface area contributed by atoms with Gasteiger partial charge in [-0.3, -0.25) is 9.11 Å². The molecule has 0 spiro atoms. The topological polar surface area (TPSA) is 93.5 Å². The van der Waals surface area contributed by atoms with Crippen LogP contribution < -0.4 is 9.64 Å². The lowest BCUT2D eigenvalue weighted by Gasteiger charge is -2.43. The number of ether oxygens (including phenoxy) is 1. The fraction of sp³-hybridized carbons (Fsp3) is 0.375. The number of carboxylic acids is 1. The monoisotopic (exact) mass is 528 g/mol. The van der Waals surface area contributed by atoms with Crippen LogP contribution in [0.25, 0.3) is 0 Å². The normalized spacial score (nSPS) is 19.1. The van der Waals surface area contributed by atoms with Crippen LogP contribution >= 0.6 is 22.5 Å². The van der Waals surface area contributed by atoms with Crippen LogP contribution in [0.4, 0.5) is 20.2 Å². The minimum atomic E-state index is -3.50. The zero-order valence-corrected chi connectivity index (χ0v) is 21.4. The van der Waals surface area contributed by atoms with Crippen LogP contribution in [0.1, 0.15) is 33.1 Å². The number of likely N-dealkylation sites (N-methyl/N-ethyl adjacent to an activating group) is 1. The lowest BCUT2D eigenvalue weighted by molar-refractivity contribution is -0.134. The molecule has 1 heterocycles. The van der Waals surface area contributed by atoms with Crippen LogP contribution in [0, 0.1) is 5.82 Å². The van der Waals surface area contributed by atoms with E-state index in [1.54, 1.807) is 29.6 Å². The van der Waals surface area contributed by atoms with Crippen molar-refractivity contribution in [2.24, 2.45) is 0 Å². The molecule has 1 atom stereocenters. The molecule has 0 saturated heterocycles. The third-order valence-corrected chi connectivity index (χ3v) is 8.68. The van der Waals surface area contributed by atoms with Crippen molar-refractivity contribution in [3.05, 3.63) is 54.3 Å². The Balaban J connectivity index is 2.22. The number of carboxylic acid groups (broad SMARTS) is 1. The predicted molar refractivity (Wildman–Crippen MR) is 136 cm³/mol. The molecule has 1 aliphatic rings. The van der Waals surface area contributed by atoms with Crippen molar-refractivity contribution in [3.8, 4) is 5.75 Å². The smallest absolute Gasteiger partial charge is 0.368 e. The highest BCUT2D eigenvalue weighted by molar-refractivity contribution is 8.22. The molecule has 7 nitrogen and oxygen atoms in total. The molecule has 1 unspecified atom stereocenters. The molecule has 0 bridgehead atoms. The number of benzene rings is 2. The molecule has 0 amide bonds. The van der Waals surface area contributed by atoms with Gasteiger partial charge in [0.25, 0.3) is 0 Å². The van der Waals surface area contributed by atoms with Gasteiger partial charge >= 0.3 is 5.97 Å². The lowest BCUT2D eigenvalue weighted by Crippen LogP contribution is -2.39. The van der Waals surface area contributed by atoms with E-state index in [2.05, 4.69) is 6.92 Å². The van der Waals surface area contributed by atoms with Crippen LogP contribution in [-0.2, 0) is 4.79 Å². The largest absolute Gasteiger partial charge is 0.476 e. The van der Waals surface area contributed by atoms with Gasteiger partial charge in [0.2, 0.25) is 5.83 Å². The average molecular weight is 529 g/mol. The van der Waals surface area contributed by atoms with E-state index in [1.165, 1.54) is 30.0 Å². The fourth-order valence-corrected chi connectivity index (χ4v) is 6.22. The molecular weight excluding hydrogens is 498 g/mol. The van der Waals surface area contributed by atoms with Gasteiger partial charge in [-0.05, 0) is 42.5 Å². The number of thioether (sulfide) groups is 1. The van der Waals surface area contributed by atoms with Crippen molar-refractivity contribution >= 4 is 39.9 Å². The molecule has 11 heteroatoms. The van der Waals surface area contributed by atoms with E-state index >= 15 is 0 Å². The standard InChI is InChI=1S/C24H30F2N2O5S2/c1-4-6-7-18-14-28(17-10-8-16(25)9-11-17)20-12-22(34-5-2)21(33-15-19(26)24(29)30)13-23(20)35(31,32)27(18)3/h8-13,15,18,31-32H,4-7,14H2,1-3H3,(H,29,30)/b19-15-. The Morgan fingerprint density at radius 3 is 2.54 bits per heavy atom. The minimum Gasteiger partial charge on any atom is -0.476 e. The van der Waals surface area contributed by atoms with Crippen LogP contribution in [0.5, 0.6) is 5.75 Å². The summed E-state index contributed by atoms with van der Waals surface area (Å²) in [5.41, 5.74) is 1.19. The summed E-state index contributed by atoms with van der Waals surface area (Å²) in [7, 11) is -1.85. The first-order valence-electron chi connectivity index (χ1n) is 11.2. The molecule has 0 aliphatic carbocycles. The van der Waals surface area contributed by atoms with E-state index in [0.29, 0.717) is 41.3 Å². The van der Waals surface area contributed by atoms with Gasteiger partial charge in [-0.15, -0.1) is 22.5 Å². The van der Waals surface area contributed by atoms with E-state index in [-0.39, 0.29) is 22.5 Å². The van der Waals surface area contributed by atoms with Crippen molar-refractivity contribution < 1.29 is 32.5 Å². The van der Waals surface area contributed by atoms with Crippen molar-refractivity contribution in [1.29, 1.82) is 0 Å². The van der Waals surface area contributed by atoms with E-state index in [9.17, 15) is 22.7 Å². The van der Waals surface area contributed by atoms with Gasteiger partial charge in [-0.2, -0.15) is 4.39 Å². The highest BCUT2D eigenvalue weighted by atomic mass is 32.3. The molecule has 0 radical (unpaired) electrons. The zero-order valence-electron chi connectivity index (χ0n) is 19.8. The number of nitrogens with zero attached hydrogens (tertiary/aromatic N) is 2. The molecule has 0 fully saturated rings. The number of anilines is 2. The summed E-state index contributed by atoms with van der Waals surface area (Å²) >= 11 is 1.38. The van der Waals surface area contributed by atoms with E-state index < -0.39 is 22.6 Å². The van der Waals surface area contributed by atoms with E-state index in [0.717, 1.165) is 12.8 Å². The molecule has 2 aromatic rings. The molecule has 1 aliphatic heterocycles. The van der Waals surface area contributed by atoms with Gasteiger partial charge in [0.05, 0.1) is 10.6 Å². The van der Waals surface area contributed by atoms with Crippen molar-refractivity contribution in [2.75, 3.05) is 24.2 Å². The summed E-state index contributed by atoms with van der Waals surface area (Å²) in [6.45, 7) is 4.39. The SMILES string of the molecule is CCCCC1CN(c2ccc(F)cc2)c2cc(SCC)c(O/C=C(\F)C(=O)O)cc2S(O)(O)N1C. The number of hydrogen-bond donors (Lipinski definition) is 3. The van der Waals surface area contributed by atoms with Crippen LogP contribution in [0.3, 0.4) is 0 Å². The van der Waals surface area contributed by atoms with Crippen molar-refractivity contribution in [2.45, 2.75) is 48.9 Å². The van der Waals surface area contributed by atoms with E-state index in [1.807, 2.05) is 11.8 Å². The Bertz CT molecular complexity index is 1080. The summed E-state index contributed by atoms with van der Waals surface area (Å²) < 4.78 is 57.0. The van der Waals surface area contributed by atoms with Gasteiger partial charge in [0.1, 0.15) is 22.7 Å². The summed E-state index contributed by atoms with van der Waals surface area (Å²) in [6.07, 6.45) is 3.01. The van der Waals surface area contributed by atoms with Gasteiger partial charge in [0.15, 0.2) is 0 Å². The number of halogens is 2. The highest BCUT2D eigenvalue weighted by Gasteiger charge is 2.38. The molecule has 35 heavy (non-hydrogen) atoms. The molecule has 2 aromatic carbocycles. The minimum absolute atomic E-state index is 0.103. The maximum atomic E-state index is 13.7. The summed E-state index contributed by atoms with van der Waals surface area (Å²) in [5.74, 6) is -2.90. The van der Waals surface area contributed by atoms with E-state index in [4.69, 9.17) is 9.84 Å². The summed E-state index contributed by atoms with van der Waals surface area (Å²) in [6, 6.07) is 8.88. The fourth-order valence-electron chi connectivity index (χ4n) is 3.85. The van der Waals surface area contributed by atoms with Gasteiger partial charge < -0.3 is 14.7 Å². The number of aliphatic carboxylic acids is 1. The van der Waals surface area contributed by atoms with Gasteiger partial charge in [-0.1, -0.05) is 26.7 Å². The first-order chi connectivity index (χ1) is 16.6. The highest BCUT2D eigenvalue weighted by Crippen LogP contribution is 2.60. The molecule has 192 valence electrons. The quantitative estimate of drug-likeness (QED) is 0.184. The maximum Gasteiger partial charge on any atom is 0.368 e. The summed E-state index contributed by atoms with van der Waals surface area (Å²) in [5, 5.41) is 8.82. The Kier molecular flexibility index (Phi) is 9.05. The second kappa shape index (κ2) is 11.6. The molecule has 3 rings (SSSR count). The molecular formula is C24H30F2N2O5S2. The van der Waals surface area contributed by atoms with Crippen molar-refractivity contribution in [1.82, 2.24) is 4.31 Å². The van der Waals surface area contributed by atoms with Gasteiger partial charge in [0, 0.05) is 31.4 Å². The molecule has 0 saturated carbocycles. The zero-order chi connectivity index (χ0) is 25.8. The number of rotatable bonds is 9. The number of carbonyl (C=O) groups is 1. The molecule has 0 aromatic heterocycles. The number of fused-ring (bicyclic) bond motifs is 1. The first kappa shape index (κ1) is 27.3. The van der Waals surface area contributed by atoms with Crippen LogP contribution in [-0.4, -0.2) is 49.9 Å². The Morgan fingerprint density at radius 1 is 1.26 bits per heavy atom. The van der Waals surface area contributed by atoms with Crippen molar-refractivity contribution in [3.63, 3.8) is 0 Å². The Labute approximate surface area is 209 Å². The third kappa shape index (κ3) is 6.10. The Hall–Kier alpha value is -2.31. The first-order valence-corrected chi connectivity index (χ1v) is 13.7. The number of hydrogen-bond acceptors (Lipinski definition) is 7. The second-order valence-electron chi connectivity index (χ2n) is 8.04. The second-order valence-corrected chi connectivity index (χ2v) is 11.4. The Morgan fingerprint density at radius 2 is 1.94 bits per heavy atom. The predicted octanol–water partition coefficient (Wildman–Crippen LogP) is 6.88. The maximum absolute atomic E-state index is 13.7. The summed E-state index contributed by atoms with van der Waals surface area (Å²) in [4.78, 5) is 13.5. The lowest BCUT2D eigenvalue weighted by atomic mass is 10.1. The van der Waals surface area contributed by atoms with Crippen LogP contribution in [0.15, 0.2) is 58.3 Å². The molecule has 3 N–H and O–H groups in total.